The number of halogens is 4. The van der Waals surface area contributed by atoms with Crippen molar-refractivity contribution in [3.05, 3.63) is 64.7 Å². The number of aryl methyl sites for hydroxylation is 1. The minimum Gasteiger partial charge on any atom is -0.340 e. The highest BCUT2D eigenvalue weighted by Gasteiger charge is 2.34. The fraction of sp³-hybridized carbons (Fsp3) is 0.350. The number of rotatable bonds is 5. The number of nitrogens with zero attached hydrogens (tertiary/aromatic N) is 2. The summed E-state index contributed by atoms with van der Waals surface area (Å²) in [6.45, 7) is 0.433. The first-order valence-electron chi connectivity index (χ1n) is 9.27. The fourth-order valence-electron chi connectivity index (χ4n) is 3.26. The maximum atomic E-state index is 12.9. The Labute approximate surface area is 178 Å². The summed E-state index contributed by atoms with van der Waals surface area (Å²) in [6.07, 6.45) is -3.84. The summed E-state index contributed by atoms with van der Waals surface area (Å²) < 4.78 is 65.3. The molecule has 1 saturated heterocycles. The summed E-state index contributed by atoms with van der Waals surface area (Å²) in [5.74, 6) is -0.105. The number of amides is 1. The third-order valence-electron chi connectivity index (χ3n) is 4.91. The molecule has 1 amide bonds. The van der Waals surface area contributed by atoms with Gasteiger partial charge in [-0.2, -0.15) is 17.5 Å². The van der Waals surface area contributed by atoms with Crippen molar-refractivity contribution in [1.29, 1.82) is 0 Å². The van der Waals surface area contributed by atoms with Gasteiger partial charge in [-0.3, -0.25) is 4.79 Å². The van der Waals surface area contributed by atoms with E-state index in [4.69, 9.17) is 11.6 Å². The number of hydrogen-bond donors (Lipinski definition) is 0. The normalized spacial score (nSPS) is 15.9. The molecular weight excluding hydrogens is 441 g/mol. The van der Waals surface area contributed by atoms with Crippen LogP contribution in [-0.2, 0) is 27.4 Å². The summed E-state index contributed by atoms with van der Waals surface area (Å²) in [4.78, 5) is 13.6. The Morgan fingerprint density at radius 3 is 2.30 bits per heavy atom. The Hall–Kier alpha value is -2.10. The summed E-state index contributed by atoms with van der Waals surface area (Å²) >= 11 is 5.93. The third kappa shape index (κ3) is 5.33. The van der Waals surface area contributed by atoms with Gasteiger partial charge >= 0.3 is 6.18 Å². The number of carbonyl (C=O) groups is 1. The Morgan fingerprint density at radius 2 is 1.67 bits per heavy atom. The Morgan fingerprint density at radius 1 is 1.00 bits per heavy atom. The average Bonchev–Trinajstić information content (AvgIpc) is 2.71. The smallest absolute Gasteiger partial charge is 0.340 e. The van der Waals surface area contributed by atoms with E-state index in [1.165, 1.54) is 0 Å². The lowest BCUT2D eigenvalue weighted by Crippen LogP contribution is -2.50. The van der Waals surface area contributed by atoms with Crippen LogP contribution in [0.15, 0.2) is 53.4 Å². The minimum absolute atomic E-state index is 0.0292. The topological polar surface area (TPSA) is 57.7 Å². The molecule has 0 aliphatic carbocycles. The maximum absolute atomic E-state index is 12.9. The molecule has 2 aromatic rings. The second-order valence-electron chi connectivity index (χ2n) is 6.94. The molecule has 1 fully saturated rings. The van der Waals surface area contributed by atoms with Crippen LogP contribution in [0.4, 0.5) is 13.2 Å². The lowest BCUT2D eigenvalue weighted by molar-refractivity contribution is -0.137. The van der Waals surface area contributed by atoms with Gasteiger partial charge in [0.2, 0.25) is 15.9 Å². The van der Waals surface area contributed by atoms with Crippen LogP contribution in [0.25, 0.3) is 0 Å². The molecule has 2 aromatic carbocycles. The van der Waals surface area contributed by atoms with Gasteiger partial charge in [0.1, 0.15) is 0 Å². The van der Waals surface area contributed by atoms with Crippen molar-refractivity contribution in [2.45, 2.75) is 23.9 Å². The quantitative estimate of drug-likeness (QED) is 0.681. The molecule has 0 saturated carbocycles. The van der Waals surface area contributed by atoms with Crippen LogP contribution in [-0.4, -0.2) is 49.7 Å². The predicted octanol–water partition coefficient (Wildman–Crippen LogP) is 3.82. The lowest BCUT2D eigenvalue weighted by Gasteiger charge is -2.34. The third-order valence-corrected chi connectivity index (χ3v) is 7.04. The summed E-state index contributed by atoms with van der Waals surface area (Å²) in [7, 11) is -4.07. The van der Waals surface area contributed by atoms with E-state index >= 15 is 0 Å². The first kappa shape index (κ1) is 22.6. The molecule has 0 spiro atoms. The van der Waals surface area contributed by atoms with Crippen LogP contribution in [0.3, 0.4) is 0 Å². The molecule has 162 valence electrons. The molecule has 0 N–H and O–H groups in total. The molecule has 0 unspecified atom stereocenters. The van der Waals surface area contributed by atoms with Gasteiger partial charge < -0.3 is 4.90 Å². The number of benzene rings is 2. The van der Waals surface area contributed by atoms with Crippen LogP contribution in [0.1, 0.15) is 17.5 Å². The van der Waals surface area contributed by atoms with Crippen LogP contribution >= 0.6 is 11.6 Å². The SMILES string of the molecule is O=C(CCc1cccc(Cl)c1)N1CCN(S(=O)(=O)c2cccc(C(F)(F)F)c2)CC1. The Bertz CT molecular complexity index is 1020. The number of carbonyl (C=O) groups excluding carboxylic acids is 1. The molecule has 10 heteroatoms. The zero-order valence-corrected chi connectivity index (χ0v) is 17.5. The molecule has 1 aliphatic heterocycles. The Balaban J connectivity index is 1.60. The van der Waals surface area contributed by atoms with Crippen molar-refractivity contribution in [3.8, 4) is 0 Å². The van der Waals surface area contributed by atoms with E-state index in [9.17, 15) is 26.4 Å². The largest absolute Gasteiger partial charge is 0.416 e. The van der Waals surface area contributed by atoms with Gasteiger partial charge in [0.05, 0.1) is 10.5 Å². The molecule has 1 heterocycles. The van der Waals surface area contributed by atoms with Crippen molar-refractivity contribution >= 4 is 27.5 Å². The zero-order valence-electron chi connectivity index (χ0n) is 15.9. The van der Waals surface area contributed by atoms with Crippen LogP contribution < -0.4 is 0 Å². The molecule has 0 atom stereocenters. The molecule has 0 bridgehead atoms. The van der Waals surface area contributed by atoms with Gasteiger partial charge in [0, 0.05) is 37.6 Å². The lowest BCUT2D eigenvalue weighted by atomic mass is 10.1. The van der Waals surface area contributed by atoms with Crippen molar-refractivity contribution in [2.75, 3.05) is 26.2 Å². The second-order valence-corrected chi connectivity index (χ2v) is 9.31. The van der Waals surface area contributed by atoms with E-state index in [0.717, 1.165) is 28.1 Å². The van der Waals surface area contributed by atoms with Crippen molar-refractivity contribution in [3.63, 3.8) is 0 Å². The van der Waals surface area contributed by atoms with Gasteiger partial charge in [0.25, 0.3) is 0 Å². The van der Waals surface area contributed by atoms with Crippen LogP contribution in [0, 0.1) is 0 Å². The number of sulfonamides is 1. The number of hydrogen-bond acceptors (Lipinski definition) is 3. The number of piperazine rings is 1. The maximum Gasteiger partial charge on any atom is 0.416 e. The minimum atomic E-state index is -4.63. The van der Waals surface area contributed by atoms with Crippen molar-refractivity contribution in [1.82, 2.24) is 9.21 Å². The number of alkyl halides is 3. The highest BCUT2D eigenvalue weighted by atomic mass is 35.5. The summed E-state index contributed by atoms with van der Waals surface area (Å²) in [5, 5.41) is 0.591. The summed E-state index contributed by atoms with van der Waals surface area (Å²) in [5.41, 5.74) is -0.0833. The van der Waals surface area contributed by atoms with Crippen LogP contribution in [0.5, 0.6) is 0 Å². The van der Waals surface area contributed by atoms with Gasteiger partial charge in [-0.1, -0.05) is 29.8 Å². The van der Waals surface area contributed by atoms with E-state index in [1.54, 1.807) is 23.1 Å². The van der Waals surface area contributed by atoms with E-state index in [-0.39, 0.29) is 38.5 Å². The van der Waals surface area contributed by atoms with E-state index in [1.807, 2.05) is 6.07 Å². The highest BCUT2D eigenvalue weighted by molar-refractivity contribution is 7.89. The monoisotopic (exact) mass is 460 g/mol. The van der Waals surface area contributed by atoms with Gasteiger partial charge in [-0.15, -0.1) is 0 Å². The standard InChI is InChI=1S/C20H20ClF3N2O3S/c21-17-5-1-3-15(13-17)7-8-19(27)25-9-11-26(12-10-25)30(28,29)18-6-2-4-16(14-18)20(22,23)24/h1-6,13-14H,7-12H2. The first-order chi connectivity index (χ1) is 14.1. The van der Waals surface area contributed by atoms with Gasteiger partial charge in [-0.25, -0.2) is 8.42 Å². The molecule has 3 rings (SSSR count). The first-order valence-corrected chi connectivity index (χ1v) is 11.1. The molecule has 30 heavy (non-hydrogen) atoms. The molecule has 5 nitrogen and oxygen atoms in total. The molecular formula is C20H20ClF3N2O3S. The fourth-order valence-corrected chi connectivity index (χ4v) is 4.94. The highest BCUT2D eigenvalue weighted by Crippen LogP contribution is 2.31. The van der Waals surface area contributed by atoms with E-state index in [2.05, 4.69) is 0 Å². The van der Waals surface area contributed by atoms with Crippen molar-refractivity contribution < 1.29 is 26.4 Å². The van der Waals surface area contributed by atoms with Crippen molar-refractivity contribution in [2.24, 2.45) is 0 Å². The molecule has 0 aromatic heterocycles. The molecule has 0 radical (unpaired) electrons. The zero-order chi connectivity index (χ0) is 21.9. The van der Waals surface area contributed by atoms with Gasteiger partial charge in [0.15, 0.2) is 0 Å². The average molecular weight is 461 g/mol. The van der Waals surface area contributed by atoms with E-state index in [0.29, 0.717) is 17.5 Å². The van der Waals surface area contributed by atoms with E-state index < -0.39 is 26.7 Å². The second kappa shape index (κ2) is 8.95. The molecule has 1 aliphatic rings. The summed E-state index contributed by atoms with van der Waals surface area (Å²) in [6, 6.07) is 10.9. The Kier molecular flexibility index (Phi) is 6.74. The predicted molar refractivity (Wildman–Crippen MR) is 107 cm³/mol. The van der Waals surface area contributed by atoms with Crippen LogP contribution in [0.2, 0.25) is 5.02 Å². The van der Waals surface area contributed by atoms with Gasteiger partial charge in [-0.05, 0) is 42.3 Å².